The largest absolute Gasteiger partial charge is 4.00 e. The Morgan fingerprint density at radius 1 is 0.412 bits per heavy atom. The van der Waals surface area contributed by atoms with Gasteiger partial charge in [0.05, 0.1) is 43.9 Å². The smallest absolute Gasteiger partial charge is 0.750 e. The third kappa shape index (κ3) is 13400. The van der Waals surface area contributed by atoms with Gasteiger partial charge in [-0.3, -0.25) is 0 Å². The summed E-state index contributed by atoms with van der Waals surface area (Å²) in [7, 11) is -13.5. The van der Waals surface area contributed by atoms with Crippen LogP contribution in [-0.2, 0) is 69.8 Å². The summed E-state index contributed by atoms with van der Waals surface area (Å²) in [5, 5.41) is 0. The summed E-state index contributed by atoms with van der Waals surface area (Å²) in [6.45, 7) is 0. The first-order valence-electron chi connectivity index (χ1n) is 2.19. The van der Waals surface area contributed by atoms with Crippen LogP contribution >= 0.6 is 0 Å². The molecule has 17 heavy (non-hydrogen) atoms. The van der Waals surface area contributed by atoms with Crippen LogP contribution in [0.25, 0.3) is 0 Å². The minimum atomic E-state index is -3.37. The molecule has 0 bridgehead atoms. The second kappa shape index (κ2) is 25.4. The zero-order chi connectivity index (χ0) is 14.3. The Labute approximate surface area is 121 Å². The molecule has 104 valence electrons. The van der Waals surface area contributed by atoms with Gasteiger partial charge >= 0.3 is 25.8 Å². The molecular weight excluding hydrogens is 499 g/mol. The molecule has 0 aliphatic heterocycles. The van der Waals surface area contributed by atoms with Crippen LogP contribution in [0.4, 0.5) is 0 Å². The van der Waals surface area contributed by atoms with Crippen molar-refractivity contribution in [1.82, 2.24) is 0 Å². The van der Waals surface area contributed by atoms with E-state index in [0.29, 0.717) is 0 Å². The average molecular weight is 503 g/mol. The molecule has 0 rings (SSSR count). The molecule has 0 aliphatic carbocycles. The molecule has 0 heterocycles. The van der Waals surface area contributed by atoms with Crippen LogP contribution in [0.1, 0.15) is 0 Å². The SMILES string of the molecule is O=[SH](=O)[O-].O=[SH](=O)[O-].O=[SH](=O)[O-].O=[SH](=O)[O-].[Hf+4]. The molecule has 0 radical (unpaired) electrons. The normalized spacial score (nSPS) is 8.00. The van der Waals surface area contributed by atoms with Gasteiger partial charge in [-0.25, -0.2) is 33.7 Å². The minimum absolute atomic E-state index is 0. The van der Waals surface area contributed by atoms with Gasteiger partial charge in [-0.15, -0.1) is 0 Å². The first-order chi connectivity index (χ1) is 6.93. The molecule has 0 N–H and O–H groups in total. The van der Waals surface area contributed by atoms with Gasteiger partial charge in [0.15, 0.2) is 0 Å². The Hall–Kier alpha value is 0.510. The van der Waals surface area contributed by atoms with Crippen molar-refractivity contribution in [3.63, 3.8) is 0 Å². The molecular formula is H4HfO12S4. The summed E-state index contributed by atoms with van der Waals surface area (Å²) in [6, 6.07) is 0. The average Bonchev–Trinajstić information content (AvgIpc) is 1.76. The number of hydrogen-bond donors (Lipinski definition) is 4. The van der Waals surface area contributed by atoms with Crippen LogP contribution in [0.5, 0.6) is 0 Å². The monoisotopic (exact) mass is 504 g/mol. The quantitative estimate of drug-likeness (QED) is 0.138. The predicted octanol–water partition coefficient (Wildman–Crippen LogP) is -5.09. The van der Waals surface area contributed by atoms with E-state index in [1.807, 2.05) is 0 Å². The third-order valence-corrected chi connectivity index (χ3v) is 0. The predicted molar refractivity (Wildman–Crippen MR) is 44.4 cm³/mol. The standard InChI is InChI=1S/Hf.4H2O3S/c;4*1-4(2)3/h;4*4H,(H,1,2,3)/q+4;;;;/p-4. The zero-order valence-electron chi connectivity index (χ0n) is 7.19. The van der Waals surface area contributed by atoms with E-state index in [1.54, 1.807) is 0 Å². The molecule has 0 saturated heterocycles. The molecule has 0 atom stereocenters. The molecule has 0 fully saturated rings. The summed E-state index contributed by atoms with van der Waals surface area (Å²) in [6.07, 6.45) is 0. The molecule has 0 aromatic heterocycles. The summed E-state index contributed by atoms with van der Waals surface area (Å²) >= 11 is 0. The van der Waals surface area contributed by atoms with E-state index in [2.05, 4.69) is 0 Å². The summed E-state index contributed by atoms with van der Waals surface area (Å²) in [5.74, 6) is 0. The van der Waals surface area contributed by atoms with Crippen LogP contribution < -0.4 is 0 Å². The van der Waals surface area contributed by atoms with E-state index in [9.17, 15) is 0 Å². The number of hydrogen-bond acceptors (Lipinski definition) is 12. The van der Waals surface area contributed by atoms with E-state index in [1.165, 1.54) is 0 Å². The van der Waals surface area contributed by atoms with Gasteiger partial charge in [-0.2, -0.15) is 0 Å². The minimum Gasteiger partial charge on any atom is -0.750 e. The summed E-state index contributed by atoms with van der Waals surface area (Å²) in [5.41, 5.74) is 0. The van der Waals surface area contributed by atoms with E-state index < -0.39 is 43.9 Å². The second-order valence-corrected chi connectivity index (χ2v) is 2.68. The fourth-order valence-corrected chi connectivity index (χ4v) is 0. The summed E-state index contributed by atoms with van der Waals surface area (Å²) in [4.78, 5) is 0. The van der Waals surface area contributed by atoms with Gasteiger partial charge in [-0.1, -0.05) is 0 Å². The van der Waals surface area contributed by atoms with Crippen LogP contribution in [0.15, 0.2) is 0 Å². The molecule has 0 aliphatic rings. The van der Waals surface area contributed by atoms with Gasteiger partial charge in [-0.05, 0) is 0 Å². The maximum Gasteiger partial charge on any atom is 4.00 e. The molecule has 17 heteroatoms. The molecule has 0 aromatic carbocycles. The fraction of sp³-hybridized carbons (Fsp3) is 0. The molecule has 12 nitrogen and oxygen atoms in total. The van der Waals surface area contributed by atoms with Gasteiger partial charge in [0.2, 0.25) is 0 Å². The van der Waals surface area contributed by atoms with Crippen LogP contribution in [0.2, 0.25) is 0 Å². The van der Waals surface area contributed by atoms with Gasteiger partial charge in [0.1, 0.15) is 0 Å². The Morgan fingerprint density at radius 3 is 0.412 bits per heavy atom. The number of thiol groups is 4. The van der Waals surface area contributed by atoms with Crippen molar-refractivity contribution in [3.8, 4) is 0 Å². The molecule has 0 saturated carbocycles. The van der Waals surface area contributed by atoms with Crippen molar-refractivity contribution in [2.24, 2.45) is 0 Å². The van der Waals surface area contributed by atoms with Gasteiger partial charge < -0.3 is 18.2 Å². The maximum absolute atomic E-state index is 8.48. The van der Waals surface area contributed by atoms with Crippen molar-refractivity contribution in [2.45, 2.75) is 0 Å². The van der Waals surface area contributed by atoms with Crippen molar-refractivity contribution >= 4 is 43.9 Å². The van der Waals surface area contributed by atoms with E-state index in [-0.39, 0.29) is 25.8 Å². The van der Waals surface area contributed by atoms with Crippen molar-refractivity contribution in [2.75, 3.05) is 0 Å². The first kappa shape index (κ1) is 30.5. The topological polar surface area (TPSA) is 229 Å². The van der Waals surface area contributed by atoms with E-state index in [0.717, 1.165) is 0 Å². The second-order valence-electron chi connectivity index (χ2n) is 0.894. The van der Waals surface area contributed by atoms with E-state index in [4.69, 9.17) is 51.9 Å². The van der Waals surface area contributed by atoms with Crippen LogP contribution in [0, 0.1) is 0 Å². The molecule has 0 unspecified atom stereocenters. The van der Waals surface area contributed by atoms with Gasteiger partial charge in [0.25, 0.3) is 0 Å². The van der Waals surface area contributed by atoms with Crippen LogP contribution in [-0.4, -0.2) is 51.9 Å². The van der Waals surface area contributed by atoms with E-state index >= 15 is 0 Å². The van der Waals surface area contributed by atoms with Crippen LogP contribution in [0.3, 0.4) is 0 Å². The molecule has 0 amide bonds. The van der Waals surface area contributed by atoms with Crippen molar-refractivity contribution < 1.29 is 77.7 Å². The first-order valence-corrected chi connectivity index (χ1v) is 6.57. The summed E-state index contributed by atoms with van der Waals surface area (Å²) < 4.78 is 102. The Morgan fingerprint density at radius 2 is 0.412 bits per heavy atom. The Bertz CT molecular complexity index is 292. The van der Waals surface area contributed by atoms with Crippen molar-refractivity contribution in [1.29, 1.82) is 0 Å². The fourth-order valence-electron chi connectivity index (χ4n) is 0. The molecule has 0 aromatic rings. The Balaban J connectivity index is -0.0000000369. The zero-order valence-corrected chi connectivity index (χ0v) is 14.4. The third-order valence-electron chi connectivity index (χ3n) is 0. The molecule has 0 spiro atoms. The Kier molecular flexibility index (Phi) is 45.5. The maximum atomic E-state index is 8.48. The van der Waals surface area contributed by atoms with Crippen molar-refractivity contribution in [3.05, 3.63) is 0 Å². The number of rotatable bonds is 0. The van der Waals surface area contributed by atoms with Gasteiger partial charge in [0, 0.05) is 0 Å².